The smallest absolute Gasteiger partial charge is 0.340 e. The molecule has 4 atom stereocenters. The molecule has 4 heteroatoms. The van der Waals surface area contributed by atoms with Gasteiger partial charge in [0.1, 0.15) is 11.2 Å². The van der Waals surface area contributed by atoms with E-state index < -0.39 is 11.0 Å². The summed E-state index contributed by atoms with van der Waals surface area (Å²) in [6, 6.07) is 0. The van der Waals surface area contributed by atoms with Crippen LogP contribution in [0.15, 0.2) is 46.8 Å². The van der Waals surface area contributed by atoms with Gasteiger partial charge in [-0.1, -0.05) is 44.9 Å². The van der Waals surface area contributed by atoms with Gasteiger partial charge in [0.15, 0.2) is 5.60 Å². The molecule has 0 amide bonds. The van der Waals surface area contributed by atoms with E-state index in [1.165, 1.54) is 0 Å². The van der Waals surface area contributed by atoms with Crippen molar-refractivity contribution in [1.29, 1.82) is 0 Å². The maximum absolute atomic E-state index is 13.0. The molecule has 0 aromatic rings. The average Bonchev–Trinajstić information content (AvgIpc) is 3.17. The molecule has 0 N–H and O–H groups in total. The maximum atomic E-state index is 13.0. The molecule has 2 bridgehead atoms. The van der Waals surface area contributed by atoms with E-state index in [4.69, 9.17) is 9.47 Å². The first-order valence-corrected chi connectivity index (χ1v) is 10.9. The zero-order chi connectivity index (χ0) is 19.5. The van der Waals surface area contributed by atoms with Gasteiger partial charge in [-0.25, -0.2) is 9.59 Å². The van der Waals surface area contributed by atoms with Crippen LogP contribution in [0.2, 0.25) is 0 Å². The van der Waals surface area contributed by atoms with Crippen molar-refractivity contribution in [3.8, 4) is 0 Å². The summed E-state index contributed by atoms with van der Waals surface area (Å²) in [5, 5.41) is 0. The van der Waals surface area contributed by atoms with Gasteiger partial charge in [0.2, 0.25) is 0 Å². The second-order valence-corrected chi connectivity index (χ2v) is 8.79. The first-order chi connectivity index (χ1) is 13.6. The highest BCUT2D eigenvalue weighted by Gasteiger charge is 2.75. The Hall–Kier alpha value is -2.10. The Morgan fingerprint density at radius 1 is 1.21 bits per heavy atom. The summed E-state index contributed by atoms with van der Waals surface area (Å²) in [7, 11) is 0. The molecule has 1 unspecified atom stereocenters. The number of ether oxygens (including phenoxy) is 2. The molecule has 2 fully saturated rings. The van der Waals surface area contributed by atoms with E-state index in [9.17, 15) is 9.59 Å². The van der Waals surface area contributed by atoms with E-state index in [0.717, 1.165) is 73.8 Å². The molecule has 2 spiro atoms. The third-order valence-electron chi connectivity index (χ3n) is 7.52. The highest BCUT2D eigenvalue weighted by molar-refractivity contribution is 6.00. The van der Waals surface area contributed by atoms with E-state index in [1.807, 2.05) is 6.08 Å². The van der Waals surface area contributed by atoms with E-state index in [1.54, 1.807) is 0 Å². The lowest BCUT2D eigenvalue weighted by molar-refractivity contribution is -0.176. The number of cyclic esters (lactones) is 1. The number of hydrogen-bond donors (Lipinski definition) is 0. The van der Waals surface area contributed by atoms with Gasteiger partial charge in [-0.3, -0.25) is 0 Å². The van der Waals surface area contributed by atoms with Crippen molar-refractivity contribution in [1.82, 2.24) is 0 Å². The number of hydrogen-bond acceptors (Lipinski definition) is 4. The summed E-state index contributed by atoms with van der Waals surface area (Å²) in [5.41, 5.74) is 1.21. The normalized spacial score (nSPS) is 39.4. The van der Waals surface area contributed by atoms with E-state index in [0.29, 0.717) is 0 Å². The quantitative estimate of drug-likeness (QED) is 0.650. The Morgan fingerprint density at radius 3 is 2.86 bits per heavy atom. The number of fused-ring (bicyclic) bond motifs is 1. The molecule has 1 saturated heterocycles. The summed E-state index contributed by atoms with van der Waals surface area (Å²) in [4.78, 5) is 25.9. The highest BCUT2D eigenvalue weighted by Crippen LogP contribution is 2.71. The number of carbonyl (C=O) groups excluding carboxylic acids is 2. The molecule has 0 aromatic heterocycles. The van der Waals surface area contributed by atoms with Crippen LogP contribution in [0.1, 0.15) is 65.2 Å². The minimum atomic E-state index is -0.751. The van der Waals surface area contributed by atoms with Crippen molar-refractivity contribution >= 4 is 11.9 Å². The Bertz CT molecular complexity index is 873. The molecule has 148 valence electrons. The fourth-order valence-corrected chi connectivity index (χ4v) is 6.57. The van der Waals surface area contributed by atoms with Crippen LogP contribution in [0, 0.1) is 17.3 Å². The highest BCUT2D eigenvalue weighted by atomic mass is 16.6. The van der Waals surface area contributed by atoms with E-state index in [-0.39, 0.29) is 23.8 Å². The van der Waals surface area contributed by atoms with Crippen LogP contribution in [-0.4, -0.2) is 17.5 Å². The fourth-order valence-electron chi connectivity index (χ4n) is 6.57. The zero-order valence-corrected chi connectivity index (χ0v) is 16.8. The van der Waals surface area contributed by atoms with E-state index >= 15 is 0 Å². The van der Waals surface area contributed by atoms with E-state index in [2.05, 4.69) is 32.1 Å². The minimum Gasteiger partial charge on any atom is -0.449 e. The van der Waals surface area contributed by atoms with Crippen molar-refractivity contribution in [2.24, 2.45) is 17.3 Å². The summed E-state index contributed by atoms with van der Waals surface area (Å²) >= 11 is 0. The molecule has 6 aliphatic rings. The van der Waals surface area contributed by atoms with Crippen LogP contribution < -0.4 is 0 Å². The zero-order valence-electron chi connectivity index (χ0n) is 16.8. The molecule has 0 aromatic carbocycles. The maximum Gasteiger partial charge on any atom is 0.340 e. The van der Waals surface area contributed by atoms with Crippen molar-refractivity contribution in [3.63, 3.8) is 0 Å². The van der Waals surface area contributed by atoms with Crippen LogP contribution >= 0.6 is 0 Å². The van der Waals surface area contributed by atoms with Gasteiger partial charge in [-0.15, -0.1) is 0 Å². The molecule has 0 radical (unpaired) electrons. The molecular formula is C24H28O4. The predicted octanol–water partition coefficient (Wildman–Crippen LogP) is 4.92. The van der Waals surface area contributed by atoms with Gasteiger partial charge in [0, 0.05) is 5.92 Å². The standard InChI is InChI=1S/C24H28O4/c1-3-5-11-20-23-13-12-15(14-19(23)22(26)27-20)17(8-4-2)24(23)18-10-7-6-9-16(18)21(25)28-24/h6,9,11,14-15,17H,3-5,7-8,10,12-13H2,1-2H3/b20-11+/t15-,17-,23-,24?/m0/s1. The lowest BCUT2D eigenvalue weighted by atomic mass is 9.45. The largest absolute Gasteiger partial charge is 0.449 e. The molecule has 1 saturated carbocycles. The van der Waals surface area contributed by atoms with Crippen LogP contribution in [-0.2, 0) is 19.1 Å². The molecule has 4 nitrogen and oxygen atoms in total. The topological polar surface area (TPSA) is 52.6 Å². The lowest BCUT2D eigenvalue weighted by Gasteiger charge is -2.59. The molecule has 6 rings (SSSR count). The van der Waals surface area contributed by atoms with Gasteiger partial charge in [0.05, 0.1) is 11.1 Å². The minimum absolute atomic E-state index is 0.206. The SMILES string of the molecule is CCC/C=C1/OC(=O)C2=C[C@@H]3CC[C@]21C1(OC(=O)C2=C1CCC=C2)[C@H]3CCC. The van der Waals surface area contributed by atoms with Crippen molar-refractivity contribution in [2.75, 3.05) is 0 Å². The van der Waals surface area contributed by atoms with Crippen molar-refractivity contribution < 1.29 is 19.1 Å². The number of unbranched alkanes of at least 4 members (excludes halogenated alkanes) is 1. The average molecular weight is 380 g/mol. The van der Waals surface area contributed by atoms with Crippen LogP contribution in [0.3, 0.4) is 0 Å². The third-order valence-corrected chi connectivity index (χ3v) is 7.52. The molecule has 2 aliphatic heterocycles. The Balaban J connectivity index is 1.80. The Labute approximate surface area is 166 Å². The first kappa shape index (κ1) is 18.0. The summed E-state index contributed by atoms with van der Waals surface area (Å²) in [5.74, 6) is 0.749. The summed E-state index contributed by atoms with van der Waals surface area (Å²) < 4.78 is 12.3. The van der Waals surface area contributed by atoms with Crippen LogP contribution in [0.4, 0.5) is 0 Å². The molecular weight excluding hydrogens is 352 g/mol. The fraction of sp³-hybridized carbons (Fsp3) is 0.583. The van der Waals surface area contributed by atoms with Gasteiger partial charge < -0.3 is 9.47 Å². The van der Waals surface area contributed by atoms with Gasteiger partial charge in [-0.05, 0) is 56.1 Å². The van der Waals surface area contributed by atoms with Gasteiger partial charge >= 0.3 is 11.9 Å². The molecule has 28 heavy (non-hydrogen) atoms. The van der Waals surface area contributed by atoms with Crippen LogP contribution in [0.5, 0.6) is 0 Å². The van der Waals surface area contributed by atoms with Crippen molar-refractivity contribution in [3.05, 3.63) is 46.8 Å². The third kappa shape index (κ3) is 1.96. The van der Waals surface area contributed by atoms with Crippen LogP contribution in [0.25, 0.3) is 0 Å². The molecule has 2 heterocycles. The first-order valence-electron chi connectivity index (χ1n) is 10.9. The number of allylic oxidation sites excluding steroid dienone is 3. The van der Waals surface area contributed by atoms with Crippen molar-refractivity contribution in [2.45, 2.75) is 70.8 Å². The Kier molecular flexibility index (Phi) is 3.98. The molecule has 4 aliphatic carbocycles. The predicted molar refractivity (Wildman–Crippen MR) is 105 cm³/mol. The number of rotatable bonds is 4. The second-order valence-electron chi connectivity index (χ2n) is 8.79. The summed E-state index contributed by atoms with van der Waals surface area (Å²) in [6.07, 6.45) is 15.7. The second kappa shape index (κ2) is 6.20. The van der Waals surface area contributed by atoms with Gasteiger partial charge in [0.25, 0.3) is 0 Å². The number of carbonyl (C=O) groups is 2. The number of esters is 2. The lowest BCUT2D eigenvalue weighted by Crippen LogP contribution is -2.63. The summed E-state index contributed by atoms with van der Waals surface area (Å²) in [6.45, 7) is 4.31. The monoisotopic (exact) mass is 380 g/mol. The Morgan fingerprint density at radius 2 is 2.07 bits per heavy atom. The van der Waals surface area contributed by atoms with Gasteiger partial charge in [-0.2, -0.15) is 0 Å².